The molecule has 0 aromatic carbocycles. The predicted molar refractivity (Wildman–Crippen MR) is 81.4 cm³/mol. The zero-order valence-electron chi connectivity index (χ0n) is 13.5. The van der Waals surface area contributed by atoms with Gasteiger partial charge < -0.3 is 19.5 Å². The molecule has 2 rings (SSSR count). The molecular formula is C15H26N4O3. The van der Waals surface area contributed by atoms with Crippen molar-refractivity contribution in [3.8, 4) is 0 Å². The Balaban J connectivity index is 1.79. The Bertz CT molecular complexity index is 457. The molecule has 1 atom stereocenters. The topological polar surface area (TPSA) is 80.5 Å². The van der Waals surface area contributed by atoms with E-state index < -0.39 is 0 Å². The molecule has 0 saturated carbocycles. The molecule has 0 spiro atoms. The SMILES string of the molecule is CCCc1nc(CN(CC)C(=O)NC[C@@H]2CCCCO2)no1. The van der Waals surface area contributed by atoms with E-state index in [1.165, 1.54) is 6.42 Å². The number of amides is 2. The van der Waals surface area contributed by atoms with Gasteiger partial charge in [-0.15, -0.1) is 0 Å². The summed E-state index contributed by atoms with van der Waals surface area (Å²) in [5.41, 5.74) is 0. The van der Waals surface area contributed by atoms with Gasteiger partial charge in [0, 0.05) is 26.1 Å². The number of ether oxygens (including phenoxy) is 1. The largest absolute Gasteiger partial charge is 0.376 e. The molecule has 2 amide bonds. The average Bonchev–Trinajstić information content (AvgIpc) is 2.99. The van der Waals surface area contributed by atoms with Crippen molar-refractivity contribution in [3.05, 3.63) is 11.7 Å². The molecule has 0 unspecified atom stereocenters. The number of carbonyl (C=O) groups is 1. The predicted octanol–water partition coefficient (Wildman–Crippen LogP) is 2.12. The summed E-state index contributed by atoms with van der Waals surface area (Å²) >= 11 is 0. The fourth-order valence-electron chi connectivity index (χ4n) is 2.45. The molecule has 2 heterocycles. The molecule has 124 valence electrons. The highest BCUT2D eigenvalue weighted by Gasteiger charge is 2.18. The first-order valence-electron chi connectivity index (χ1n) is 8.18. The number of rotatable bonds is 7. The van der Waals surface area contributed by atoms with E-state index in [1.54, 1.807) is 4.90 Å². The Morgan fingerprint density at radius 3 is 2.95 bits per heavy atom. The third-order valence-corrected chi connectivity index (χ3v) is 3.73. The maximum atomic E-state index is 12.2. The minimum Gasteiger partial charge on any atom is -0.376 e. The van der Waals surface area contributed by atoms with Crippen LogP contribution in [-0.2, 0) is 17.7 Å². The van der Waals surface area contributed by atoms with E-state index >= 15 is 0 Å². The van der Waals surface area contributed by atoms with E-state index in [2.05, 4.69) is 22.4 Å². The van der Waals surface area contributed by atoms with E-state index in [-0.39, 0.29) is 12.1 Å². The maximum Gasteiger partial charge on any atom is 0.317 e. The standard InChI is InChI=1S/C15H26N4O3/c1-3-7-14-17-13(18-22-14)11-19(4-2)15(20)16-10-12-8-5-6-9-21-12/h12H,3-11H2,1-2H3,(H,16,20)/t12-/m0/s1. The van der Waals surface area contributed by atoms with Crippen LogP contribution in [0.1, 0.15) is 51.2 Å². The molecule has 1 saturated heterocycles. The summed E-state index contributed by atoms with van der Waals surface area (Å²) in [6.45, 7) is 6.30. The molecule has 7 nitrogen and oxygen atoms in total. The van der Waals surface area contributed by atoms with E-state index in [0.29, 0.717) is 31.3 Å². The summed E-state index contributed by atoms with van der Waals surface area (Å²) in [5.74, 6) is 1.18. The quantitative estimate of drug-likeness (QED) is 0.834. The van der Waals surface area contributed by atoms with Crippen LogP contribution in [0.4, 0.5) is 4.79 Å². The van der Waals surface area contributed by atoms with Crippen LogP contribution in [-0.4, -0.2) is 46.9 Å². The van der Waals surface area contributed by atoms with Crippen molar-refractivity contribution in [1.29, 1.82) is 0 Å². The highest BCUT2D eigenvalue weighted by molar-refractivity contribution is 5.74. The Morgan fingerprint density at radius 1 is 1.41 bits per heavy atom. The number of carbonyl (C=O) groups excluding carboxylic acids is 1. The van der Waals surface area contributed by atoms with E-state index in [0.717, 1.165) is 32.3 Å². The molecule has 0 aliphatic carbocycles. The number of nitrogens with zero attached hydrogens (tertiary/aromatic N) is 3. The van der Waals surface area contributed by atoms with Gasteiger partial charge in [-0.2, -0.15) is 4.98 Å². The van der Waals surface area contributed by atoms with Crippen LogP contribution >= 0.6 is 0 Å². The fourth-order valence-corrected chi connectivity index (χ4v) is 2.45. The molecule has 1 aromatic rings. The van der Waals surface area contributed by atoms with Crippen LogP contribution in [0.5, 0.6) is 0 Å². The molecule has 1 aliphatic rings. The lowest BCUT2D eigenvalue weighted by Gasteiger charge is -2.25. The van der Waals surface area contributed by atoms with Crippen molar-refractivity contribution in [1.82, 2.24) is 20.4 Å². The van der Waals surface area contributed by atoms with Gasteiger partial charge in [-0.3, -0.25) is 0 Å². The lowest BCUT2D eigenvalue weighted by molar-refractivity contribution is 0.0177. The molecule has 1 aromatic heterocycles. The molecule has 1 aliphatic heterocycles. The van der Waals surface area contributed by atoms with Gasteiger partial charge in [-0.25, -0.2) is 4.79 Å². The number of hydrogen-bond acceptors (Lipinski definition) is 5. The van der Waals surface area contributed by atoms with Crippen molar-refractivity contribution < 1.29 is 14.1 Å². The molecule has 0 radical (unpaired) electrons. The van der Waals surface area contributed by atoms with E-state index in [4.69, 9.17) is 9.26 Å². The van der Waals surface area contributed by atoms with Gasteiger partial charge in [-0.1, -0.05) is 12.1 Å². The van der Waals surface area contributed by atoms with Crippen molar-refractivity contribution in [2.24, 2.45) is 0 Å². The minimum absolute atomic E-state index is 0.112. The van der Waals surface area contributed by atoms with Gasteiger partial charge in [0.15, 0.2) is 5.82 Å². The second-order valence-electron chi connectivity index (χ2n) is 5.54. The lowest BCUT2D eigenvalue weighted by atomic mass is 10.1. The van der Waals surface area contributed by atoms with Crippen LogP contribution in [0.2, 0.25) is 0 Å². The monoisotopic (exact) mass is 310 g/mol. The normalized spacial score (nSPS) is 18.2. The Labute approximate surface area is 131 Å². The molecule has 1 N–H and O–H groups in total. The fraction of sp³-hybridized carbons (Fsp3) is 0.800. The van der Waals surface area contributed by atoms with Crippen LogP contribution < -0.4 is 5.32 Å². The smallest absolute Gasteiger partial charge is 0.317 e. The van der Waals surface area contributed by atoms with Crippen LogP contribution in [0.15, 0.2) is 4.52 Å². The lowest BCUT2D eigenvalue weighted by Crippen LogP contribution is -2.43. The van der Waals surface area contributed by atoms with Gasteiger partial charge >= 0.3 is 6.03 Å². The number of nitrogens with one attached hydrogen (secondary N) is 1. The Kier molecular flexibility index (Phi) is 6.64. The van der Waals surface area contributed by atoms with Crippen LogP contribution in [0.3, 0.4) is 0 Å². The van der Waals surface area contributed by atoms with Crippen molar-refractivity contribution >= 4 is 6.03 Å². The van der Waals surface area contributed by atoms with Crippen molar-refractivity contribution in [2.75, 3.05) is 19.7 Å². The van der Waals surface area contributed by atoms with Gasteiger partial charge in [0.2, 0.25) is 5.89 Å². The molecule has 1 fully saturated rings. The zero-order chi connectivity index (χ0) is 15.8. The third kappa shape index (κ3) is 4.98. The van der Waals surface area contributed by atoms with Crippen molar-refractivity contribution in [2.45, 2.75) is 58.6 Å². The molecular weight excluding hydrogens is 284 g/mol. The molecule has 7 heteroatoms. The zero-order valence-corrected chi connectivity index (χ0v) is 13.5. The highest BCUT2D eigenvalue weighted by atomic mass is 16.5. The summed E-state index contributed by atoms with van der Waals surface area (Å²) in [4.78, 5) is 18.2. The number of aryl methyl sites for hydroxylation is 1. The van der Waals surface area contributed by atoms with Crippen LogP contribution in [0.25, 0.3) is 0 Å². The average molecular weight is 310 g/mol. The first-order chi connectivity index (χ1) is 10.7. The van der Waals surface area contributed by atoms with Crippen molar-refractivity contribution in [3.63, 3.8) is 0 Å². The highest BCUT2D eigenvalue weighted by Crippen LogP contribution is 2.12. The Hall–Kier alpha value is -1.63. The van der Waals surface area contributed by atoms with Gasteiger partial charge in [0.1, 0.15) is 0 Å². The first kappa shape index (κ1) is 16.7. The summed E-state index contributed by atoms with van der Waals surface area (Å²) in [6.07, 6.45) is 5.16. The Morgan fingerprint density at radius 2 is 2.27 bits per heavy atom. The third-order valence-electron chi connectivity index (χ3n) is 3.73. The summed E-state index contributed by atoms with van der Waals surface area (Å²) in [6, 6.07) is -0.112. The maximum absolute atomic E-state index is 12.2. The number of urea groups is 1. The van der Waals surface area contributed by atoms with Crippen LogP contribution in [0, 0.1) is 0 Å². The summed E-state index contributed by atoms with van der Waals surface area (Å²) < 4.78 is 10.8. The van der Waals surface area contributed by atoms with Gasteiger partial charge in [0.05, 0.1) is 12.6 Å². The summed E-state index contributed by atoms with van der Waals surface area (Å²) in [5, 5.41) is 6.85. The molecule has 22 heavy (non-hydrogen) atoms. The van der Waals surface area contributed by atoms with Gasteiger partial charge in [-0.05, 0) is 32.6 Å². The molecule has 0 bridgehead atoms. The number of aromatic nitrogens is 2. The minimum atomic E-state index is -0.112. The first-order valence-corrected chi connectivity index (χ1v) is 8.18. The van der Waals surface area contributed by atoms with E-state index in [1.807, 2.05) is 6.92 Å². The van der Waals surface area contributed by atoms with E-state index in [9.17, 15) is 4.79 Å². The second kappa shape index (κ2) is 8.73. The number of hydrogen-bond donors (Lipinski definition) is 1. The summed E-state index contributed by atoms with van der Waals surface area (Å²) in [7, 11) is 0. The van der Waals surface area contributed by atoms with Gasteiger partial charge in [0.25, 0.3) is 0 Å². The second-order valence-corrected chi connectivity index (χ2v) is 5.54.